The molecule has 10 aliphatic rings. The van der Waals surface area contributed by atoms with Crippen LogP contribution in [0.25, 0.3) is 0 Å². The molecule has 15 heterocycles. The van der Waals surface area contributed by atoms with Crippen molar-refractivity contribution in [3.05, 3.63) is 90.0 Å². The summed E-state index contributed by atoms with van der Waals surface area (Å²) in [5.74, 6) is 4.72. The number of aromatic nitrogens is 10. The minimum Gasteiger partial charge on any atom is -0.352 e. The number of hydrogen-bond acceptors (Lipinski definition) is 15. The smallest absolute Gasteiger partial charge is 0.120 e. The van der Waals surface area contributed by atoms with Gasteiger partial charge in [-0.2, -0.15) is 10.2 Å². The summed E-state index contributed by atoms with van der Waals surface area (Å²) in [6.07, 6.45) is 40.0. The summed E-state index contributed by atoms with van der Waals surface area (Å²) in [5.41, 5.74) is 5.03. The van der Waals surface area contributed by atoms with Crippen LogP contribution in [0.5, 0.6) is 0 Å². The molecule has 10 aliphatic heterocycles. The second kappa shape index (κ2) is 74.7. The van der Waals surface area contributed by atoms with Gasteiger partial charge in [0.25, 0.3) is 0 Å². The summed E-state index contributed by atoms with van der Waals surface area (Å²) in [6, 6.07) is 13.5. The van der Waals surface area contributed by atoms with Crippen molar-refractivity contribution in [1.82, 2.24) is 97.7 Å². The molecule has 149 heavy (non-hydrogen) atoms. The molecule has 5 atom stereocenters. The first kappa shape index (κ1) is 142. The standard InChI is InChI=1S/2C10H21N.2C9H18FN.5C9H19N.C8H16FN.C8H13N.3C7H12N2.C6H11N3/c1-9(2)11-7-5-10(3,4)6-8-11;1-9(2)11-7-5-6-10(3,4)8-11;1-8(2)11-6-4-9(3,10)5-7-11;1-8(2)11-6-4-5-9(3,10)7-11;2*1-8(2)10-6-4-9(3)5-7-10;3*1-8(2)10-6-4-5-9(3)7-10;1-7(2)10-5-3-4-8(9)6-10;1-7(2)9-5-4-8(3)6-9;1-6(2)9-4-7(3)8-5-9;1-6(2)9-5-7(3)4-8-9;1-6(2)9-5-4-7(3)8-9;1-5(2)9-4-6(3)7-8-9/h2*9H,5-8H2,1-4H3;2*8H,4-7H2,1-3H3;5*8-9H,4-7H2,1-3H3;7-8H,3-6H2,1-2H3;4-7H,1-3H3;3*4-6H,1-3H3;4-5H,1-3H3/t;;;;;;3*9-;8-;;;;;/m......1001...../s1. The molecule has 0 saturated carbocycles. The molecule has 0 aromatic carbocycles. The highest BCUT2D eigenvalue weighted by molar-refractivity contribution is 5.08. The lowest BCUT2D eigenvalue weighted by atomic mass is 9.82. The molecule has 0 aliphatic carbocycles. The summed E-state index contributed by atoms with van der Waals surface area (Å²) in [6.45, 7) is 125. The molecule has 15 rings (SSSR count). The number of imidazole rings is 1. The lowest BCUT2D eigenvalue weighted by molar-refractivity contribution is 0.0435. The van der Waals surface area contributed by atoms with Crippen LogP contribution in [0.4, 0.5) is 13.2 Å². The van der Waals surface area contributed by atoms with E-state index in [2.05, 4.69) is 379 Å². The average molecular weight is 2100 g/mol. The normalized spacial score (nSPS) is 22.6. The number of halogens is 3. The van der Waals surface area contributed by atoms with Gasteiger partial charge in [0, 0.05) is 180 Å². The Balaban J connectivity index is 0.000000799. The maximum atomic E-state index is 13.4. The van der Waals surface area contributed by atoms with Gasteiger partial charge in [-0.3, -0.25) is 19.2 Å². The molecule has 874 valence electrons. The Morgan fingerprint density at radius 2 is 0.644 bits per heavy atom. The maximum absolute atomic E-state index is 13.4. The lowest BCUT2D eigenvalue weighted by Gasteiger charge is -2.40. The highest BCUT2D eigenvalue weighted by Crippen LogP contribution is 2.33. The van der Waals surface area contributed by atoms with Gasteiger partial charge < -0.3 is 48.3 Å². The van der Waals surface area contributed by atoms with Gasteiger partial charge in [-0.05, 0) is 527 Å². The minimum atomic E-state index is -0.942. The van der Waals surface area contributed by atoms with E-state index in [1.165, 1.54) is 193 Å². The van der Waals surface area contributed by atoms with E-state index < -0.39 is 17.5 Å². The van der Waals surface area contributed by atoms with Crippen molar-refractivity contribution >= 4 is 0 Å². The number of alkyl halides is 3. The zero-order valence-electron chi connectivity index (χ0n) is 107. The molecular formula is C126H249F3N20. The molecule has 0 amide bonds. The molecule has 23 heteroatoms. The third-order valence-corrected chi connectivity index (χ3v) is 31.5. The van der Waals surface area contributed by atoms with Crippen LogP contribution in [0.15, 0.2) is 61.8 Å². The molecule has 0 bridgehead atoms. The van der Waals surface area contributed by atoms with Gasteiger partial charge >= 0.3 is 0 Å². The third-order valence-electron chi connectivity index (χ3n) is 31.5. The Kier molecular flexibility index (Phi) is 71.4. The van der Waals surface area contributed by atoms with Gasteiger partial charge in [-0.15, -0.1) is 5.10 Å². The van der Waals surface area contributed by atoms with Gasteiger partial charge in [0.05, 0.1) is 29.6 Å². The summed E-state index contributed by atoms with van der Waals surface area (Å²) < 4.78 is 49.5. The zero-order valence-corrected chi connectivity index (χ0v) is 107. The predicted octanol–water partition coefficient (Wildman–Crippen LogP) is 30.8. The predicted molar refractivity (Wildman–Crippen MR) is 643 cm³/mol. The Morgan fingerprint density at radius 1 is 0.282 bits per heavy atom. The van der Waals surface area contributed by atoms with Gasteiger partial charge in [0.2, 0.25) is 0 Å². The molecule has 0 spiro atoms. The first-order chi connectivity index (χ1) is 69.2. The van der Waals surface area contributed by atoms with Crippen LogP contribution in [-0.2, 0) is 0 Å². The van der Waals surface area contributed by atoms with Crippen molar-refractivity contribution in [3.63, 3.8) is 0 Å². The quantitative estimate of drug-likeness (QED) is 0.0988. The molecule has 10 saturated heterocycles. The van der Waals surface area contributed by atoms with Crippen molar-refractivity contribution in [3.8, 4) is 0 Å². The Morgan fingerprint density at radius 3 is 0.879 bits per heavy atom. The summed E-state index contributed by atoms with van der Waals surface area (Å²) in [7, 11) is 0. The van der Waals surface area contributed by atoms with E-state index in [9.17, 15) is 13.2 Å². The summed E-state index contributed by atoms with van der Waals surface area (Å²) in [5, 5.41) is 16.1. The topological polar surface area (TPSA) is 122 Å². The largest absolute Gasteiger partial charge is 0.352 e. The van der Waals surface area contributed by atoms with Crippen molar-refractivity contribution in [2.45, 2.75) is 555 Å². The minimum absolute atomic E-state index is 0.422. The van der Waals surface area contributed by atoms with Crippen molar-refractivity contribution in [2.75, 3.05) is 131 Å². The van der Waals surface area contributed by atoms with E-state index in [1.54, 1.807) is 13.8 Å². The van der Waals surface area contributed by atoms with Gasteiger partial charge in [-0.1, -0.05) is 67.5 Å². The summed E-state index contributed by atoms with van der Waals surface area (Å²) in [4.78, 5) is 28.9. The van der Waals surface area contributed by atoms with E-state index in [1.807, 2.05) is 85.1 Å². The van der Waals surface area contributed by atoms with Crippen LogP contribution in [0, 0.1) is 75.0 Å². The van der Waals surface area contributed by atoms with E-state index in [0.29, 0.717) is 85.1 Å². The van der Waals surface area contributed by atoms with Crippen LogP contribution in [0.3, 0.4) is 0 Å². The fraction of sp³-hybridized carbons (Fsp3) is 0.881. The molecule has 1 unspecified atom stereocenters. The fourth-order valence-electron chi connectivity index (χ4n) is 20.0. The van der Waals surface area contributed by atoms with Crippen LogP contribution in [-0.4, -0.2) is 306 Å². The molecule has 0 radical (unpaired) electrons. The zero-order chi connectivity index (χ0) is 114. The third kappa shape index (κ3) is 66.0. The second-order valence-corrected chi connectivity index (χ2v) is 53.1. The van der Waals surface area contributed by atoms with Crippen LogP contribution in [0.2, 0.25) is 0 Å². The highest BCUT2D eigenvalue weighted by Gasteiger charge is 2.34. The molecule has 0 N–H and O–H groups in total. The first-order valence-corrected chi connectivity index (χ1v) is 60.7. The molecule has 5 aromatic heterocycles. The highest BCUT2D eigenvalue weighted by atomic mass is 19.1. The van der Waals surface area contributed by atoms with E-state index in [4.69, 9.17) is 0 Å². The van der Waals surface area contributed by atoms with Crippen LogP contribution in [0.1, 0.15) is 471 Å². The number of hydrogen-bond donors (Lipinski definition) is 0. The molecular weight excluding hydrogens is 1850 g/mol. The summed E-state index contributed by atoms with van der Waals surface area (Å²) >= 11 is 0. The fourth-order valence-corrected chi connectivity index (χ4v) is 20.0. The number of piperidine rings is 10. The van der Waals surface area contributed by atoms with E-state index >= 15 is 0 Å². The number of rotatable bonds is 15. The Bertz CT molecular complexity index is 3530. The average Bonchev–Trinajstić information content (AvgIpc) is 1.63. The Hall–Kier alpha value is -4.56. The van der Waals surface area contributed by atoms with Crippen LogP contribution < -0.4 is 0 Å². The van der Waals surface area contributed by atoms with E-state index in [0.717, 1.165) is 141 Å². The number of likely N-dealkylation sites (tertiary alicyclic amines) is 10. The maximum Gasteiger partial charge on any atom is 0.120 e. The van der Waals surface area contributed by atoms with E-state index in [-0.39, 0.29) is 0 Å². The molecule has 20 nitrogen and oxygen atoms in total. The van der Waals surface area contributed by atoms with Gasteiger partial charge in [-0.25, -0.2) is 22.8 Å². The SMILES string of the molecule is CC(C)N1CCC(C)(C)CC1.CC(C)N1CCC(C)(F)CC1.CC(C)N1CCCC(C)(C)C1.CC(C)N1CCCC(C)(F)C1.CC(C)N1CCC[C@@H](C)C1.CC(C)N1CCC[C@@H](F)C1.CC(C)N1CCC[C@H](C)C1.CC(C)N1CCC[C@H](C)C1.CC1CCN(C(C)C)CC1.CC1CCN(C(C)C)CC1.Cc1ccn(C(C)C)c1.Cc1ccn(C(C)C)n1.Cc1cn(C(C)C)cn1.Cc1cn(C(C)C)nn1.Cc1cnn(C(C)C)c1. The first-order valence-electron chi connectivity index (χ1n) is 60.7. The van der Waals surface area contributed by atoms with Crippen LogP contribution >= 0.6 is 0 Å². The number of nitrogens with zero attached hydrogens (tertiary/aromatic N) is 20. The molecule has 5 aromatic rings. The molecule has 10 fully saturated rings. The van der Waals surface area contributed by atoms with Crippen molar-refractivity contribution in [2.24, 2.45) is 40.4 Å². The van der Waals surface area contributed by atoms with Crippen molar-refractivity contribution in [1.29, 1.82) is 0 Å². The lowest BCUT2D eigenvalue weighted by Crippen LogP contribution is -2.46. The second-order valence-electron chi connectivity index (χ2n) is 53.1. The van der Waals surface area contributed by atoms with Gasteiger partial charge in [0.1, 0.15) is 17.5 Å². The number of aryl methyl sites for hydroxylation is 5. The van der Waals surface area contributed by atoms with Gasteiger partial charge in [0.15, 0.2) is 0 Å². The van der Waals surface area contributed by atoms with Crippen molar-refractivity contribution < 1.29 is 13.2 Å². The monoisotopic (exact) mass is 2100 g/mol. The Labute approximate surface area is 921 Å².